The number of hydrogen-bond acceptors (Lipinski definition) is 3. The normalized spacial score (nSPS) is 16.9. The van der Waals surface area contributed by atoms with Crippen LogP contribution >= 0.6 is 0 Å². The third kappa shape index (κ3) is 4.74. The summed E-state index contributed by atoms with van der Waals surface area (Å²) in [5.41, 5.74) is -4.92. The van der Waals surface area contributed by atoms with E-state index in [9.17, 15) is 35.5 Å². The van der Waals surface area contributed by atoms with Crippen LogP contribution in [0.1, 0.15) is 18.1 Å². The molecule has 0 radical (unpaired) electrons. The quantitative estimate of drug-likeness (QED) is 0.555. The highest BCUT2D eigenvalue weighted by molar-refractivity contribution is 5.90. The molecule has 29 heavy (non-hydrogen) atoms. The maximum atomic E-state index is 13.4. The molecule has 0 bridgehead atoms. The Morgan fingerprint density at radius 3 is 2.10 bits per heavy atom. The van der Waals surface area contributed by atoms with Crippen molar-refractivity contribution in [2.24, 2.45) is 0 Å². The van der Waals surface area contributed by atoms with Gasteiger partial charge in [-0.25, -0.2) is 14.1 Å². The molecule has 2 aromatic rings. The van der Waals surface area contributed by atoms with Crippen LogP contribution in [0.4, 0.5) is 30.7 Å². The summed E-state index contributed by atoms with van der Waals surface area (Å²) in [5.74, 6) is -0.908. The van der Waals surface area contributed by atoms with Gasteiger partial charge in [-0.05, 0) is 25.1 Å². The average molecular weight is 422 g/mol. The molecule has 0 atom stereocenters. The Labute approximate surface area is 159 Å². The van der Waals surface area contributed by atoms with Crippen molar-refractivity contribution >= 4 is 12.1 Å². The molecule has 1 aromatic heterocycles. The van der Waals surface area contributed by atoms with Crippen LogP contribution < -0.4 is 0 Å². The number of amides is 1. The molecule has 1 aliphatic rings. The zero-order valence-electron chi connectivity index (χ0n) is 14.7. The lowest BCUT2D eigenvalue weighted by atomic mass is 9.99. The number of nitrogens with zero attached hydrogens (tertiary/aromatic N) is 4. The van der Waals surface area contributed by atoms with Gasteiger partial charge in [-0.1, -0.05) is 0 Å². The van der Waals surface area contributed by atoms with Crippen LogP contribution in [0.25, 0.3) is 17.6 Å². The number of hydrogen-bond donors (Lipinski definition) is 0. The minimum absolute atomic E-state index is 0.00473. The summed E-state index contributed by atoms with van der Waals surface area (Å²) in [5, 5.41) is 3.77. The molecule has 3 rings (SSSR count). The molecule has 1 saturated heterocycles. The van der Waals surface area contributed by atoms with Gasteiger partial charge in [0.05, 0.1) is 24.2 Å². The number of rotatable bonds is 3. The second-order valence-electron chi connectivity index (χ2n) is 6.77. The van der Waals surface area contributed by atoms with E-state index >= 15 is 0 Å². The zero-order chi connectivity index (χ0) is 21.6. The van der Waals surface area contributed by atoms with E-state index in [2.05, 4.69) is 10.1 Å². The Bertz CT molecular complexity index is 919. The van der Waals surface area contributed by atoms with Crippen molar-refractivity contribution < 1.29 is 35.5 Å². The number of benzene rings is 1. The van der Waals surface area contributed by atoms with E-state index in [0.29, 0.717) is 12.1 Å². The average Bonchev–Trinajstić information content (AvgIpc) is 3.04. The van der Waals surface area contributed by atoms with Gasteiger partial charge < -0.3 is 4.90 Å². The van der Waals surface area contributed by atoms with Gasteiger partial charge in [0, 0.05) is 17.8 Å². The van der Waals surface area contributed by atoms with E-state index in [1.54, 1.807) is 0 Å². The minimum Gasteiger partial charge on any atom is -0.333 e. The molecule has 0 saturated carbocycles. The lowest BCUT2D eigenvalue weighted by Gasteiger charge is -2.41. The third-order valence-electron chi connectivity index (χ3n) is 4.08. The van der Waals surface area contributed by atoms with Crippen molar-refractivity contribution in [1.29, 1.82) is 0 Å². The van der Waals surface area contributed by atoms with Crippen LogP contribution in [-0.2, 0) is 17.1 Å². The number of carbonyl (C=O) groups is 1. The molecule has 1 aromatic carbocycles. The minimum atomic E-state index is -4.99. The summed E-state index contributed by atoms with van der Waals surface area (Å²) in [7, 11) is 0. The first-order valence-corrected chi connectivity index (χ1v) is 8.12. The Balaban J connectivity index is 1.84. The van der Waals surface area contributed by atoms with E-state index in [0.717, 1.165) is 23.3 Å². The van der Waals surface area contributed by atoms with Gasteiger partial charge in [0.15, 0.2) is 5.82 Å². The molecule has 0 aliphatic carbocycles. The van der Waals surface area contributed by atoms with E-state index in [-0.39, 0.29) is 25.0 Å². The first-order chi connectivity index (χ1) is 13.2. The van der Waals surface area contributed by atoms with Gasteiger partial charge >= 0.3 is 12.4 Å². The van der Waals surface area contributed by atoms with Crippen LogP contribution in [0.2, 0.25) is 0 Å². The number of carbonyl (C=O) groups excluding carboxylic acids is 1. The molecule has 156 valence electrons. The highest BCUT2D eigenvalue weighted by Crippen LogP contribution is 2.38. The SMILES string of the molecule is CC1(F)CN(C(=O)/C=C\n2cnc(-c3cc(C(F)(F)F)cc(C(F)(F)F)c3)n2)C1. The first-order valence-electron chi connectivity index (χ1n) is 8.12. The number of aromatic nitrogens is 3. The third-order valence-corrected chi connectivity index (χ3v) is 4.08. The lowest BCUT2D eigenvalue weighted by molar-refractivity contribution is -0.143. The van der Waals surface area contributed by atoms with Gasteiger partial charge in [0.1, 0.15) is 12.0 Å². The van der Waals surface area contributed by atoms with Crippen molar-refractivity contribution in [3.63, 3.8) is 0 Å². The van der Waals surface area contributed by atoms with Crippen molar-refractivity contribution in [3.05, 3.63) is 41.7 Å². The highest BCUT2D eigenvalue weighted by atomic mass is 19.4. The van der Waals surface area contributed by atoms with Crippen molar-refractivity contribution in [1.82, 2.24) is 19.7 Å². The molecule has 5 nitrogen and oxygen atoms in total. The van der Waals surface area contributed by atoms with Gasteiger partial charge in [0.25, 0.3) is 0 Å². The van der Waals surface area contributed by atoms with Crippen LogP contribution in [0, 0.1) is 0 Å². The monoisotopic (exact) mass is 422 g/mol. The summed E-state index contributed by atoms with van der Waals surface area (Å²) >= 11 is 0. The topological polar surface area (TPSA) is 51.0 Å². The van der Waals surface area contributed by atoms with E-state index in [1.807, 2.05) is 0 Å². The van der Waals surface area contributed by atoms with Gasteiger partial charge in [0.2, 0.25) is 5.91 Å². The van der Waals surface area contributed by atoms with Crippen LogP contribution in [0.3, 0.4) is 0 Å². The molecule has 0 N–H and O–H groups in total. The fourth-order valence-electron chi connectivity index (χ4n) is 2.71. The predicted octanol–water partition coefficient (Wildman–Crippen LogP) is 4.02. The summed E-state index contributed by atoms with van der Waals surface area (Å²) < 4.78 is 92.0. The van der Waals surface area contributed by atoms with Crippen LogP contribution in [-0.4, -0.2) is 44.3 Å². The largest absolute Gasteiger partial charge is 0.416 e. The van der Waals surface area contributed by atoms with Gasteiger partial charge in [-0.2, -0.15) is 26.3 Å². The Morgan fingerprint density at radius 2 is 1.62 bits per heavy atom. The van der Waals surface area contributed by atoms with Crippen LogP contribution in [0.5, 0.6) is 0 Å². The second-order valence-corrected chi connectivity index (χ2v) is 6.77. The second kappa shape index (κ2) is 6.85. The lowest BCUT2D eigenvalue weighted by Crippen LogP contribution is -2.58. The Kier molecular flexibility index (Phi) is 4.91. The number of likely N-dealkylation sites (tertiary alicyclic amines) is 1. The summed E-state index contributed by atoms with van der Waals surface area (Å²) in [4.78, 5) is 16.7. The maximum absolute atomic E-state index is 13.4. The van der Waals surface area contributed by atoms with Crippen LogP contribution in [0.15, 0.2) is 30.6 Å². The summed E-state index contributed by atoms with van der Waals surface area (Å²) in [6, 6.07) is 1.02. The molecule has 1 fully saturated rings. The van der Waals surface area contributed by atoms with E-state index < -0.39 is 40.6 Å². The van der Waals surface area contributed by atoms with Crippen molar-refractivity contribution in [2.75, 3.05) is 13.1 Å². The van der Waals surface area contributed by atoms with E-state index in [1.165, 1.54) is 11.8 Å². The number of alkyl halides is 7. The zero-order valence-corrected chi connectivity index (χ0v) is 14.7. The Hall–Kier alpha value is -2.92. The highest BCUT2D eigenvalue weighted by Gasteiger charge is 2.40. The maximum Gasteiger partial charge on any atom is 0.416 e. The molecule has 12 heteroatoms. The number of halogens is 7. The smallest absolute Gasteiger partial charge is 0.333 e. The first kappa shape index (κ1) is 20.8. The molecular formula is C17H13F7N4O. The summed E-state index contributed by atoms with van der Waals surface area (Å²) in [6.45, 7) is 1.18. The fourth-order valence-corrected chi connectivity index (χ4v) is 2.71. The fraction of sp³-hybridized carbons (Fsp3) is 0.353. The van der Waals surface area contributed by atoms with Gasteiger partial charge in [-0.3, -0.25) is 4.79 Å². The van der Waals surface area contributed by atoms with Gasteiger partial charge in [-0.15, -0.1) is 5.10 Å². The summed E-state index contributed by atoms with van der Waals surface area (Å²) in [6.07, 6.45) is -6.81. The molecule has 2 heterocycles. The molecular weight excluding hydrogens is 409 g/mol. The molecule has 1 aliphatic heterocycles. The molecule has 0 spiro atoms. The van der Waals surface area contributed by atoms with Crippen molar-refractivity contribution in [2.45, 2.75) is 24.9 Å². The molecule has 1 amide bonds. The molecule has 0 unspecified atom stereocenters. The van der Waals surface area contributed by atoms with Crippen molar-refractivity contribution in [3.8, 4) is 11.4 Å². The predicted molar refractivity (Wildman–Crippen MR) is 86.9 cm³/mol. The standard InChI is InChI=1S/C17H13F7N4O/c1-15(18)7-27(8-15)13(29)2-3-28-9-25-14(26-28)10-4-11(16(19,20)21)6-12(5-10)17(22,23)24/h2-6,9H,7-8H2,1H3/b3-2-. The van der Waals surface area contributed by atoms with E-state index in [4.69, 9.17) is 0 Å². The Morgan fingerprint density at radius 1 is 1.07 bits per heavy atom.